The van der Waals surface area contributed by atoms with Crippen LogP contribution in [0.2, 0.25) is 5.02 Å². The van der Waals surface area contributed by atoms with Gasteiger partial charge in [0.15, 0.2) is 5.82 Å². The minimum absolute atomic E-state index is 0.101. The third-order valence-electron chi connectivity index (χ3n) is 4.41. The van der Waals surface area contributed by atoms with Crippen LogP contribution in [0.25, 0.3) is 10.6 Å². The lowest BCUT2D eigenvalue weighted by Gasteiger charge is -2.35. The molecule has 6 nitrogen and oxygen atoms in total. The molecule has 8 heteroatoms. The summed E-state index contributed by atoms with van der Waals surface area (Å²) >= 11 is 7.52. The van der Waals surface area contributed by atoms with Crippen LogP contribution in [0, 0.1) is 0 Å². The standard InChI is InChI=1S/C19H18ClN5OS/c20-14-3-5-15(6-4-14)21-19(26)25-11-9-24(10-12-25)18-8-7-16(22-23-18)17-2-1-13-27-17/h1-8,13H,9-12H2,(H,21,26). The number of anilines is 2. The lowest BCUT2D eigenvalue weighted by Crippen LogP contribution is -2.50. The average molecular weight is 400 g/mol. The number of aromatic nitrogens is 2. The summed E-state index contributed by atoms with van der Waals surface area (Å²) in [6.07, 6.45) is 0. The largest absolute Gasteiger partial charge is 0.352 e. The van der Waals surface area contributed by atoms with Crippen LogP contribution in [-0.2, 0) is 0 Å². The maximum absolute atomic E-state index is 12.4. The molecular formula is C19H18ClN5OS. The van der Waals surface area contributed by atoms with E-state index in [1.807, 2.05) is 29.6 Å². The van der Waals surface area contributed by atoms with Gasteiger partial charge in [-0.1, -0.05) is 17.7 Å². The van der Waals surface area contributed by atoms with E-state index in [2.05, 4.69) is 20.4 Å². The molecule has 0 saturated carbocycles. The molecule has 3 aromatic rings. The fourth-order valence-electron chi connectivity index (χ4n) is 2.92. The van der Waals surface area contributed by atoms with Gasteiger partial charge in [-0.3, -0.25) is 0 Å². The highest BCUT2D eigenvalue weighted by Gasteiger charge is 2.22. The second kappa shape index (κ2) is 7.94. The van der Waals surface area contributed by atoms with Crippen molar-refractivity contribution in [2.45, 2.75) is 0 Å². The number of hydrogen-bond acceptors (Lipinski definition) is 5. The number of nitrogens with one attached hydrogen (secondary N) is 1. The van der Waals surface area contributed by atoms with Crippen molar-refractivity contribution in [2.24, 2.45) is 0 Å². The van der Waals surface area contributed by atoms with Crippen molar-refractivity contribution in [2.75, 3.05) is 36.4 Å². The highest BCUT2D eigenvalue weighted by molar-refractivity contribution is 7.13. The maximum atomic E-state index is 12.4. The average Bonchev–Trinajstić information content (AvgIpc) is 3.25. The van der Waals surface area contributed by atoms with Gasteiger partial charge in [0.25, 0.3) is 0 Å². The number of rotatable bonds is 3. The van der Waals surface area contributed by atoms with Gasteiger partial charge in [0, 0.05) is 36.9 Å². The molecule has 2 aromatic heterocycles. The fraction of sp³-hybridized carbons (Fsp3) is 0.211. The zero-order valence-electron chi connectivity index (χ0n) is 14.5. The Morgan fingerprint density at radius 1 is 1.00 bits per heavy atom. The number of benzene rings is 1. The summed E-state index contributed by atoms with van der Waals surface area (Å²) in [5, 5.41) is 14.3. The van der Waals surface area contributed by atoms with Crippen molar-refractivity contribution in [1.29, 1.82) is 0 Å². The number of nitrogens with zero attached hydrogens (tertiary/aromatic N) is 4. The second-order valence-corrected chi connectivity index (χ2v) is 7.55. The van der Waals surface area contributed by atoms with E-state index >= 15 is 0 Å². The van der Waals surface area contributed by atoms with Gasteiger partial charge < -0.3 is 15.1 Å². The quantitative estimate of drug-likeness (QED) is 0.716. The molecule has 0 unspecified atom stereocenters. The van der Waals surface area contributed by atoms with Crippen molar-refractivity contribution < 1.29 is 4.79 Å². The van der Waals surface area contributed by atoms with Crippen LogP contribution in [0.5, 0.6) is 0 Å². The zero-order chi connectivity index (χ0) is 18.6. The highest BCUT2D eigenvalue weighted by atomic mass is 35.5. The predicted octanol–water partition coefficient (Wildman–Crippen LogP) is 4.21. The molecule has 0 atom stereocenters. The topological polar surface area (TPSA) is 61.4 Å². The first-order valence-electron chi connectivity index (χ1n) is 8.63. The van der Waals surface area contributed by atoms with Gasteiger partial charge in [-0.25, -0.2) is 4.79 Å². The van der Waals surface area contributed by atoms with E-state index in [4.69, 9.17) is 11.6 Å². The van der Waals surface area contributed by atoms with E-state index in [1.165, 1.54) is 0 Å². The Kier molecular flexibility index (Phi) is 5.22. The van der Waals surface area contributed by atoms with Crippen LogP contribution in [-0.4, -0.2) is 47.3 Å². The number of thiophene rings is 1. The van der Waals surface area contributed by atoms with E-state index in [0.29, 0.717) is 18.1 Å². The SMILES string of the molecule is O=C(Nc1ccc(Cl)cc1)N1CCN(c2ccc(-c3cccs3)nn2)CC1. The summed E-state index contributed by atoms with van der Waals surface area (Å²) in [4.78, 5) is 17.5. The van der Waals surface area contributed by atoms with Gasteiger partial charge in [-0.05, 0) is 47.8 Å². The van der Waals surface area contributed by atoms with Crippen molar-refractivity contribution >= 4 is 40.5 Å². The van der Waals surface area contributed by atoms with E-state index < -0.39 is 0 Å². The Morgan fingerprint density at radius 2 is 1.78 bits per heavy atom. The normalized spacial score (nSPS) is 14.3. The van der Waals surface area contributed by atoms with Crippen LogP contribution < -0.4 is 10.2 Å². The van der Waals surface area contributed by atoms with Crippen LogP contribution in [0.4, 0.5) is 16.3 Å². The summed E-state index contributed by atoms with van der Waals surface area (Å²) in [6, 6.07) is 15.0. The molecular weight excluding hydrogens is 382 g/mol. The molecule has 1 aliphatic rings. The Balaban J connectivity index is 1.33. The summed E-state index contributed by atoms with van der Waals surface area (Å²) < 4.78 is 0. The summed E-state index contributed by atoms with van der Waals surface area (Å²) in [5.41, 5.74) is 1.62. The molecule has 0 spiro atoms. The minimum atomic E-state index is -0.101. The Labute approximate surface area is 166 Å². The van der Waals surface area contributed by atoms with Gasteiger partial charge in [-0.2, -0.15) is 0 Å². The number of halogens is 1. The number of amides is 2. The van der Waals surface area contributed by atoms with Crippen molar-refractivity contribution in [3.05, 3.63) is 58.9 Å². The summed E-state index contributed by atoms with van der Waals surface area (Å²) in [7, 11) is 0. The summed E-state index contributed by atoms with van der Waals surface area (Å²) in [5.74, 6) is 0.841. The third-order valence-corrected chi connectivity index (χ3v) is 5.55. The molecule has 27 heavy (non-hydrogen) atoms. The van der Waals surface area contributed by atoms with E-state index in [-0.39, 0.29) is 6.03 Å². The van der Waals surface area contributed by atoms with Gasteiger partial charge in [0.1, 0.15) is 5.69 Å². The monoisotopic (exact) mass is 399 g/mol. The number of carbonyl (C=O) groups excluding carboxylic acids is 1. The van der Waals surface area contributed by atoms with Gasteiger partial charge in [0.05, 0.1) is 4.88 Å². The van der Waals surface area contributed by atoms with Crippen molar-refractivity contribution in [3.63, 3.8) is 0 Å². The minimum Gasteiger partial charge on any atom is -0.352 e. The second-order valence-electron chi connectivity index (χ2n) is 6.17. The fourth-order valence-corrected chi connectivity index (χ4v) is 3.74. The molecule has 3 heterocycles. The molecule has 1 fully saturated rings. The van der Waals surface area contributed by atoms with Gasteiger partial charge in [-0.15, -0.1) is 21.5 Å². The molecule has 0 aliphatic carbocycles. The maximum Gasteiger partial charge on any atom is 0.321 e. The predicted molar refractivity (Wildman–Crippen MR) is 110 cm³/mol. The van der Waals surface area contributed by atoms with E-state index in [1.54, 1.807) is 40.5 Å². The number of carbonyl (C=O) groups is 1. The first-order chi connectivity index (χ1) is 13.2. The van der Waals surface area contributed by atoms with Crippen LogP contribution in [0.3, 0.4) is 0 Å². The van der Waals surface area contributed by atoms with E-state index in [0.717, 1.165) is 35.2 Å². The number of piperazine rings is 1. The van der Waals surface area contributed by atoms with Crippen molar-refractivity contribution in [3.8, 4) is 10.6 Å². The molecule has 1 N–H and O–H groups in total. The Hall–Kier alpha value is -2.64. The van der Waals surface area contributed by atoms with Crippen molar-refractivity contribution in [1.82, 2.24) is 15.1 Å². The molecule has 0 bridgehead atoms. The first-order valence-corrected chi connectivity index (χ1v) is 9.89. The molecule has 1 saturated heterocycles. The molecule has 4 rings (SSSR count). The Morgan fingerprint density at radius 3 is 2.41 bits per heavy atom. The third kappa shape index (κ3) is 4.20. The lowest BCUT2D eigenvalue weighted by atomic mass is 10.3. The van der Waals surface area contributed by atoms with Gasteiger partial charge >= 0.3 is 6.03 Å². The molecule has 1 aliphatic heterocycles. The zero-order valence-corrected chi connectivity index (χ0v) is 16.1. The Bertz CT molecular complexity index is 891. The molecule has 1 aromatic carbocycles. The lowest BCUT2D eigenvalue weighted by molar-refractivity contribution is 0.208. The van der Waals surface area contributed by atoms with Gasteiger partial charge in [0.2, 0.25) is 0 Å². The van der Waals surface area contributed by atoms with Crippen LogP contribution in [0.15, 0.2) is 53.9 Å². The highest BCUT2D eigenvalue weighted by Crippen LogP contribution is 2.23. The summed E-state index contributed by atoms with van der Waals surface area (Å²) in [6.45, 7) is 2.71. The van der Waals surface area contributed by atoms with Crippen LogP contribution >= 0.6 is 22.9 Å². The van der Waals surface area contributed by atoms with E-state index in [9.17, 15) is 4.79 Å². The number of hydrogen-bond donors (Lipinski definition) is 1. The van der Waals surface area contributed by atoms with Crippen LogP contribution in [0.1, 0.15) is 0 Å². The smallest absolute Gasteiger partial charge is 0.321 e. The first kappa shape index (κ1) is 17.8. The molecule has 138 valence electrons. The number of urea groups is 1. The molecule has 0 radical (unpaired) electrons. The molecule has 2 amide bonds.